The third-order valence-corrected chi connectivity index (χ3v) is 3.53. The Morgan fingerprint density at radius 3 is 2.76 bits per heavy atom. The van der Waals surface area contributed by atoms with Crippen LogP contribution in [0.1, 0.15) is 47.0 Å². The lowest BCUT2D eigenvalue weighted by molar-refractivity contribution is 0.520. The molecular formula is C16H27N5. The normalized spacial score (nSPS) is 12.8. The fourth-order valence-corrected chi connectivity index (χ4v) is 2.43. The van der Waals surface area contributed by atoms with Crippen molar-refractivity contribution in [3.05, 3.63) is 18.6 Å². The summed E-state index contributed by atoms with van der Waals surface area (Å²) in [6, 6.07) is 0.397. The van der Waals surface area contributed by atoms with Gasteiger partial charge in [-0.25, -0.2) is 9.97 Å². The van der Waals surface area contributed by atoms with Crippen LogP contribution >= 0.6 is 0 Å². The molecule has 2 heterocycles. The monoisotopic (exact) mass is 289 g/mol. The predicted octanol–water partition coefficient (Wildman–Crippen LogP) is 3.79. The van der Waals surface area contributed by atoms with Crippen molar-refractivity contribution >= 4 is 17.3 Å². The van der Waals surface area contributed by atoms with Crippen LogP contribution < -0.4 is 10.6 Å². The van der Waals surface area contributed by atoms with E-state index in [9.17, 15) is 0 Å². The molecule has 0 saturated heterocycles. The Morgan fingerprint density at radius 2 is 2.05 bits per heavy atom. The Morgan fingerprint density at radius 1 is 1.24 bits per heavy atom. The van der Waals surface area contributed by atoms with E-state index in [0.717, 1.165) is 36.2 Å². The van der Waals surface area contributed by atoms with Crippen LogP contribution in [0.5, 0.6) is 0 Å². The molecule has 21 heavy (non-hydrogen) atoms. The third kappa shape index (κ3) is 4.34. The van der Waals surface area contributed by atoms with Gasteiger partial charge in [-0.1, -0.05) is 26.7 Å². The minimum Gasteiger partial charge on any atom is -0.369 e. The van der Waals surface area contributed by atoms with E-state index in [-0.39, 0.29) is 0 Å². The molecule has 2 aromatic heterocycles. The molecule has 116 valence electrons. The van der Waals surface area contributed by atoms with Gasteiger partial charge in [0.25, 0.3) is 0 Å². The van der Waals surface area contributed by atoms with Crippen LogP contribution in [0.3, 0.4) is 0 Å². The Hall–Kier alpha value is -1.78. The van der Waals surface area contributed by atoms with Gasteiger partial charge in [0.05, 0.1) is 6.20 Å². The summed E-state index contributed by atoms with van der Waals surface area (Å²) in [5.41, 5.74) is 0.882. The molecule has 1 unspecified atom stereocenters. The Labute approximate surface area is 127 Å². The number of hydrogen-bond acceptors (Lipinski definition) is 4. The molecule has 5 heteroatoms. The standard InChI is InChI=1S/C16H27N5/c1-5-17-14-11-21-10-9-18-16(21)15(20-14)19-13(4)8-6-7-12(2)3/h9-13,17H,5-8H2,1-4H3,(H,19,20). The fraction of sp³-hybridized carbons (Fsp3) is 0.625. The highest BCUT2D eigenvalue weighted by atomic mass is 15.1. The van der Waals surface area contributed by atoms with Crippen LogP contribution in [0.25, 0.3) is 5.65 Å². The van der Waals surface area contributed by atoms with Gasteiger partial charge in [-0.3, -0.25) is 0 Å². The zero-order valence-electron chi connectivity index (χ0n) is 13.6. The average molecular weight is 289 g/mol. The first-order valence-electron chi connectivity index (χ1n) is 7.94. The van der Waals surface area contributed by atoms with Gasteiger partial charge in [-0.2, -0.15) is 0 Å². The van der Waals surface area contributed by atoms with Gasteiger partial charge in [0.1, 0.15) is 5.82 Å². The molecule has 0 radical (unpaired) electrons. The van der Waals surface area contributed by atoms with Crippen molar-refractivity contribution in [2.24, 2.45) is 5.92 Å². The lowest BCUT2D eigenvalue weighted by atomic mass is 10.0. The number of nitrogens with one attached hydrogen (secondary N) is 2. The average Bonchev–Trinajstić information content (AvgIpc) is 2.87. The number of anilines is 2. The summed E-state index contributed by atoms with van der Waals surface area (Å²) in [5, 5.41) is 6.77. The van der Waals surface area contributed by atoms with Gasteiger partial charge in [0.15, 0.2) is 11.5 Å². The number of rotatable bonds is 8. The number of fused-ring (bicyclic) bond motifs is 1. The Kier molecular flexibility index (Phi) is 5.42. The lowest BCUT2D eigenvalue weighted by Gasteiger charge is -2.16. The van der Waals surface area contributed by atoms with Crippen LogP contribution in [0, 0.1) is 5.92 Å². The summed E-state index contributed by atoms with van der Waals surface area (Å²) in [5.74, 6) is 2.50. The summed E-state index contributed by atoms with van der Waals surface area (Å²) in [6.07, 6.45) is 9.39. The molecule has 1 atom stereocenters. The van der Waals surface area contributed by atoms with Crippen molar-refractivity contribution in [2.75, 3.05) is 17.2 Å². The largest absolute Gasteiger partial charge is 0.369 e. The molecule has 0 bridgehead atoms. The van der Waals surface area contributed by atoms with E-state index in [2.05, 4.69) is 48.3 Å². The van der Waals surface area contributed by atoms with Crippen LogP contribution in [0.2, 0.25) is 0 Å². The van der Waals surface area contributed by atoms with Gasteiger partial charge in [-0.05, 0) is 26.2 Å². The molecule has 2 rings (SSSR count). The molecule has 0 aromatic carbocycles. The lowest BCUT2D eigenvalue weighted by Crippen LogP contribution is -2.17. The first-order valence-corrected chi connectivity index (χ1v) is 7.94. The highest BCUT2D eigenvalue weighted by molar-refractivity contribution is 5.65. The minimum absolute atomic E-state index is 0.397. The molecule has 0 aliphatic rings. The van der Waals surface area contributed by atoms with Crippen molar-refractivity contribution in [1.82, 2.24) is 14.4 Å². The smallest absolute Gasteiger partial charge is 0.180 e. The van der Waals surface area contributed by atoms with E-state index < -0.39 is 0 Å². The van der Waals surface area contributed by atoms with Crippen molar-refractivity contribution < 1.29 is 0 Å². The van der Waals surface area contributed by atoms with Gasteiger partial charge in [0, 0.05) is 25.0 Å². The van der Waals surface area contributed by atoms with E-state index in [1.807, 2.05) is 16.8 Å². The summed E-state index contributed by atoms with van der Waals surface area (Å²) >= 11 is 0. The van der Waals surface area contributed by atoms with Gasteiger partial charge in [0.2, 0.25) is 0 Å². The van der Waals surface area contributed by atoms with Crippen LogP contribution in [0.15, 0.2) is 18.6 Å². The second-order valence-corrected chi connectivity index (χ2v) is 6.03. The van der Waals surface area contributed by atoms with Crippen molar-refractivity contribution in [3.63, 3.8) is 0 Å². The second kappa shape index (κ2) is 7.29. The summed E-state index contributed by atoms with van der Waals surface area (Å²) in [6.45, 7) is 9.68. The molecule has 0 fully saturated rings. The first-order chi connectivity index (χ1) is 10.1. The maximum atomic E-state index is 4.64. The molecule has 0 aliphatic carbocycles. The fourth-order valence-electron chi connectivity index (χ4n) is 2.43. The van der Waals surface area contributed by atoms with Crippen molar-refractivity contribution in [1.29, 1.82) is 0 Å². The molecule has 2 aromatic rings. The Bertz CT molecular complexity index is 561. The Balaban J connectivity index is 2.07. The van der Waals surface area contributed by atoms with Crippen molar-refractivity contribution in [3.8, 4) is 0 Å². The highest BCUT2D eigenvalue weighted by Crippen LogP contribution is 2.18. The first kappa shape index (κ1) is 15.6. The van der Waals surface area contributed by atoms with Crippen LogP contribution in [-0.4, -0.2) is 27.0 Å². The summed E-state index contributed by atoms with van der Waals surface area (Å²) in [4.78, 5) is 9.03. The van der Waals surface area contributed by atoms with Crippen LogP contribution in [0.4, 0.5) is 11.6 Å². The van der Waals surface area contributed by atoms with E-state index in [4.69, 9.17) is 0 Å². The zero-order valence-corrected chi connectivity index (χ0v) is 13.6. The molecule has 2 N–H and O–H groups in total. The van der Waals surface area contributed by atoms with E-state index in [1.54, 1.807) is 6.20 Å². The SMILES string of the molecule is CCNc1cn2ccnc2c(NC(C)CCCC(C)C)n1. The van der Waals surface area contributed by atoms with E-state index in [1.165, 1.54) is 12.8 Å². The molecule has 0 spiro atoms. The number of aromatic nitrogens is 3. The molecule has 5 nitrogen and oxygen atoms in total. The quantitative estimate of drug-likeness (QED) is 0.776. The number of hydrogen-bond donors (Lipinski definition) is 2. The molecule has 0 saturated carbocycles. The summed E-state index contributed by atoms with van der Waals surface area (Å²) in [7, 11) is 0. The van der Waals surface area contributed by atoms with Gasteiger partial charge in [-0.15, -0.1) is 0 Å². The van der Waals surface area contributed by atoms with Gasteiger partial charge < -0.3 is 15.0 Å². The van der Waals surface area contributed by atoms with Gasteiger partial charge >= 0.3 is 0 Å². The van der Waals surface area contributed by atoms with Crippen LogP contribution in [-0.2, 0) is 0 Å². The zero-order chi connectivity index (χ0) is 15.2. The molecule has 0 aliphatic heterocycles. The highest BCUT2D eigenvalue weighted by Gasteiger charge is 2.10. The van der Waals surface area contributed by atoms with E-state index in [0.29, 0.717) is 6.04 Å². The summed E-state index contributed by atoms with van der Waals surface area (Å²) < 4.78 is 2.01. The topological polar surface area (TPSA) is 54.2 Å². The maximum absolute atomic E-state index is 4.64. The van der Waals surface area contributed by atoms with E-state index >= 15 is 0 Å². The number of nitrogens with zero attached hydrogens (tertiary/aromatic N) is 3. The third-order valence-electron chi connectivity index (χ3n) is 3.53. The van der Waals surface area contributed by atoms with Crippen molar-refractivity contribution in [2.45, 2.75) is 53.0 Å². The minimum atomic E-state index is 0.397. The maximum Gasteiger partial charge on any atom is 0.180 e. The second-order valence-electron chi connectivity index (χ2n) is 6.03. The predicted molar refractivity (Wildman–Crippen MR) is 88.9 cm³/mol. The molecular weight excluding hydrogens is 262 g/mol. The molecule has 0 amide bonds. The number of imidazole rings is 1.